The first-order valence-corrected chi connectivity index (χ1v) is 9.56. The monoisotopic (exact) mass is 346 g/mol. The van der Waals surface area contributed by atoms with Crippen LogP contribution in [0.5, 0.6) is 0 Å². The number of carbonyl (C=O) groups excluding carboxylic acids is 1. The molecule has 0 spiro atoms. The van der Waals surface area contributed by atoms with Crippen molar-refractivity contribution < 1.29 is 13.9 Å². The lowest BCUT2D eigenvalue weighted by Gasteiger charge is -2.47. The van der Waals surface area contributed by atoms with Crippen molar-refractivity contribution in [2.45, 2.75) is 43.6 Å². The topological polar surface area (TPSA) is 32.8 Å². The van der Waals surface area contributed by atoms with E-state index in [1.807, 2.05) is 0 Å². The Labute approximate surface area is 148 Å². The summed E-state index contributed by atoms with van der Waals surface area (Å²) in [4.78, 5) is 18.2. The lowest BCUT2D eigenvalue weighted by molar-refractivity contribution is -0.145. The molecule has 3 saturated heterocycles. The summed E-state index contributed by atoms with van der Waals surface area (Å²) in [5.74, 6) is -0.0399. The van der Waals surface area contributed by atoms with Gasteiger partial charge in [-0.1, -0.05) is 18.6 Å². The van der Waals surface area contributed by atoms with Crippen LogP contribution in [-0.4, -0.2) is 61.1 Å². The van der Waals surface area contributed by atoms with E-state index < -0.39 is 5.41 Å². The fraction of sp³-hybridized carbons (Fsp3) is 0.650. The fourth-order valence-electron chi connectivity index (χ4n) is 4.76. The van der Waals surface area contributed by atoms with E-state index >= 15 is 0 Å². The molecule has 0 N–H and O–H groups in total. The van der Waals surface area contributed by atoms with Gasteiger partial charge in [-0.3, -0.25) is 9.69 Å². The first kappa shape index (κ1) is 17.0. The predicted octanol–water partition coefficient (Wildman–Crippen LogP) is 2.57. The van der Waals surface area contributed by atoms with E-state index in [2.05, 4.69) is 9.80 Å². The van der Waals surface area contributed by atoms with E-state index in [0.29, 0.717) is 32.1 Å². The SMILES string of the molecule is O=C(N1CCN2CCCC[C@@H]2C1)C1(c2ccc(F)cc2)CCOCC1. The Morgan fingerprint density at radius 3 is 2.60 bits per heavy atom. The Morgan fingerprint density at radius 2 is 1.84 bits per heavy atom. The van der Waals surface area contributed by atoms with Crippen LogP contribution in [0.4, 0.5) is 4.39 Å². The molecule has 0 bridgehead atoms. The third kappa shape index (κ3) is 3.20. The van der Waals surface area contributed by atoms with Crippen LogP contribution < -0.4 is 0 Å². The van der Waals surface area contributed by atoms with E-state index in [-0.39, 0.29) is 11.7 Å². The van der Waals surface area contributed by atoms with Gasteiger partial charge in [0.2, 0.25) is 5.91 Å². The summed E-state index contributed by atoms with van der Waals surface area (Å²) in [6.45, 7) is 4.97. The number of piperazine rings is 1. The largest absolute Gasteiger partial charge is 0.381 e. The number of ether oxygens (including phenoxy) is 1. The molecule has 1 aromatic carbocycles. The Bertz CT molecular complexity index is 613. The number of benzene rings is 1. The van der Waals surface area contributed by atoms with Crippen molar-refractivity contribution in [2.75, 3.05) is 39.4 Å². The lowest BCUT2D eigenvalue weighted by Crippen LogP contribution is -2.60. The number of carbonyl (C=O) groups is 1. The van der Waals surface area contributed by atoms with E-state index in [9.17, 15) is 9.18 Å². The second-order valence-corrected chi connectivity index (χ2v) is 7.64. The zero-order valence-electron chi connectivity index (χ0n) is 14.8. The van der Waals surface area contributed by atoms with Crippen molar-refractivity contribution in [2.24, 2.45) is 0 Å². The minimum absolute atomic E-state index is 0.215. The molecule has 4 rings (SSSR count). The Morgan fingerprint density at radius 1 is 1.08 bits per heavy atom. The number of hydrogen-bond acceptors (Lipinski definition) is 3. The molecule has 136 valence electrons. The van der Waals surface area contributed by atoms with Crippen molar-refractivity contribution >= 4 is 5.91 Å². The molecule has 0 radical (unpaired) electrons. The number of fused-ring (bicyclic) bond motifs is 1. The molecular formula is C20H27FN2O2. The van der Waals surface area contributed by atoms with Gasteiger partial charge in [-0.25, -0.2) is 4.39 Å². The van der Waals surface area contributed by atoms with Gasteiger partial charge in [-0.05, 0) is 49.9 Å². The third-order valence-corrected chi connectivity index (χ3v) is 6.28. The molecule has 1 aromatic rings. The number of amides is 1. The number of piperidine rings is 1. The zero-order chi connectivity index (χ0) is 17.3. The molecule has 0 unspecified atom stereocenters. The van der Waals surface area contributed by atoms with Crippen LogP contribution in [0.15, 0.2) is 24.3 Å². The quantitative estimate of drug-likeness (QED) is 0.825. The minimum atomic E-state index is -0.553. The smallest absolute Gasteiger partial charge is 0.233 e. The van der Waals surface area contributed by atoms with Crippen LogP contribution in [0.3, 0.4) is 0 Å². The maximum absolute atomic E-state index is 13.6. The van der Waals surface area contributed by atoms with Crippen LogP contribution >= 0.6 is 0 Å². The van der Waals surface area contributed by atoms with E-state index in [1.54, 1.807) is 12.1 Å². The highest BCUT2D eigenvalue weighted by molar-refractivity contribution is 5.88. The highest BCUT2D eigenvalue weighted by Gasteiger charge is 2.45. The zero-order valence-corrected chi connectivity index (χ0v) is 14.8. The van der Waals surface area contributed by atoms with Gasteiger partial charge in [0, 0.05) is 38.9 Å². The average Bonchev–Trinajstić information content (AvgIpc) is 2.68. The maximum Gasteiger partial charge on any atom is 0.233 e. The van der Waals surface area contributed by atoms with Crippen LogP contribution in [-0.2, 0) is 14.9 Å². The van der Waals surface area contributed by atoms with Gasteiger partial charge in [-0.15, -0.1) is 0 Å². The highest BCUT2D eigenvalue weighted by Crippen LogP contribution is 2.38. The molecular weight excluding hydrogens is 319 g/mol. The second-order valence-electron chi connectivity index (χ2n) is 7.64. The van der Waals surface area contributed by atoms with Crippen LogP contribution in [0.1, 0.15) is 37.7 Å². The normalized spacial score (nSPS) is 26.9. The minimum Gasteiger partial charge on any atom is -0.381 e. The van der Waals surface area contributed by atoms with Gasteiger partial charge < -0.3 is 9.64 Å². The highest BCUT2D eigenvalue weighted by atomic mass is 19.1. The fourth-order valence-corrected chi connectivity index (χ4v) is 4.76. The summed E-state index contributed by atoms with van der Waals surface area (Å²) < 4.78 is 18.9. The third-order valence-electron chi connectivity index (χ3n) is 6.28. The van der Waals surface area contributed by atoms with Gasteiger partial charge in [0.1, 0.15) is 5.82 Å². The Hall–Kier alpha value is -1.46. The molecule has 0 aliphatic carbocycles. The maximum atomic E-state index is 13.6. The first-order chi connectivity index (χ1) is 12.2. The molecule has 25 heavy (non-hydrogen) atoms. The summed E-state index contributed by atoms with van der Waals surface area (Å²) in [5, 5.41) is 0. The lowest BCUT2D eigenvalue weighted by atomic mass is 9.72. The number of halogens is 1. The van der Waals surface area contributed by atoms with Crippen molar-refractivity contribution in [3.05, 3.63) is 35.6 Å². The van der Waals surface area contributed by atoms with Gasteiger partial charge in [0.15, 0.2) is 0 Å². The molecule has 3 aliphatic rings. The molecule has 5 heteroatoms. The predicted molar refractivity (Wildman–Crippen MR) is 93.9 cm³/mol. The number of nitrogens with zero attached hydrogens (tertiary/aromatic N) is 2. The van der Waals surface area contributed by atoms with E-state index in [1.165, 1.54) is 37.9 Å². The second kappa shape index (κ2) is 7.04. The Kier molecular flexibility index (Phi) is 4.78. The molecule has 0 saturated carbocycles. The van der Waals surface area contributed by atoms with Crippen molar-refractivity contribution in [3.63, 3.8) is 0 Å². The van der Waals surface area contributed by atoms with Gasteiger partial charge >= 0.3 is 0 Å². The average molecular weight is 346 g/mol. The van der Waals surface area contributed by atoms with Crippen LogP contribution in [0.2, 0.25) is 0 Å². The molecule has 3 fully saturated rings. The van der Waals surface area contributed by atoms with Crippen LogP contribution in [0.25, 0.3) is 0 Å². The first-order valence-electron chi connectivity index (χ1n) is 9.56. The molecule has 1 atom stereocenters. The van der Waals surface area contributed by atoms with Gasteiger partial charge in [0.25, 0.3) is 0 Å². The van der Waals surface area contributed by atoms with Crippen molar-refractivity contribution in [3.8, 4) is 0 Å². The van der Waals surface area contributed by atoms with Gasteiger partial charge in [-0.2, -0.15) is 0 Å². The molecule has 3 heterocycles. The van der Waals surface area contributed by atoms with Gasteiger partial charge in [0.05, 0.1) is 5.41 Å². The Balaban J connectivity index is 1.58. The van der Waals surface area contributed by atoms with Crippen molar-refractivity contribution in [1.82, 2.24) is 9.80 Å². The number of hydrogen-bond donors (Lipinski definition) is 0. The summed E-state index contributed by atoms with van der Waals surface area (Å²) in [7, 11) is 0. The summed E-state index contributed by atoms with van der Waals surface area (Å²) in [5.41, 5.74) is 0.385. The van der Waals surface area contributed by atoms with E-state index in [4.69, 9.17) is 4.74 Å². The summed E-state index contributed by atoms with van der Waals surface area (Å²) in [6, 6.07) is 7.03. The molecule has 0 aromatic heterocycles. The van der Waals surface area contributed by atoms with E-state index in [0.717, 1.165) is 25.2 Å². The summed E-state index contributed by atoms with van der Waals surface area (Å²) >= 11 is 0. The standard InChI is InChI=1S/C20H27FN2O2/c21-17-6-4-16(5-7-17)20(8-13-25-14-9-20)19(24)23-12-11-22-10-2-1-3-18(22)15-23/h4-7,18H,1-3,8-15H2/t18-/m1/s1. The van der Waals surface area contributed by atoms with Crippen LogP contribution in [0, 0.1) is 5.82 Å². The van der Waals surface area contributed by atoms with Crippen molar-refractivity contribution in [1.29, 1.82) is 0 Å². The molecule has 1 amide bonds. The molecule has 3 aliphatic heterocycles. The number of rotatable bonds is 2. The summed E-state index contributed by atoms with van der Waals surface area (Å²) in [6.07, 6.45) is 5.10. The molecule has 4 nitrogen and oxygen atoms in total.